The van der Waals surface area contributed by atoms with Gasteiger partial charge < -0.3 is 25.1 Å². The maximum Gasteiger partial charge on any atom is 0.262 e. The Kier molecular flexibility index (Phi) is 7.95. The second-order valence-electron chi connectivity index (χ2n) is 7.77. The summed E-state index contributed by atoms with van der Waals surface area (Å²) in [6, 6.07) is 18.3. The molecule has 8 heteroatoms. The number of fused-ring (bicyclic) bond motifs is 1. The van der Waals surface area contributed by atoms with Gasteiger partial charge in [0.05, 0.1) is 11.5 Å². The topological polar surface area (TPSA) is 92.4 Å². The van der Waals surface area contributed by atoms with Gasteiger partial charge in [-0.15, -0.1) is 11.3 Å². The first-order valence-corrected chi connectivity index (χ1v) is 11.9. The molecular weight excluding hydrogens is 450 g/mol. The van der Waals surface area contributed by atoms with Crippen molar-refractivity contribution >= 4 is 34.1 Å². The summed E-state index contributed by atoms with van der Waals surface area (Å²) in [5.41, 5.74) is 2.86. The molecule has 1 unspecified atom stereocenters. The van der Waals surface area contributed by atoms with Crippen molar-refractivity contribution in [2.75, 3.05) is 20.3 Å². The maximum absolute atomic E-state index is 13.2. The number of carbonyl (C=O) groups is 2. The molecule has 2 aromatic heterocycles. The van der Waals surface area contributed by atoms with Crippen LogP contribution in [-0.2, 0) is 22.5 Å². The number of aromatic amines is 1. The van der Waals surface area contributed by atoms with Gasteiger partial charge in [0.2, 0.25) is 5.91 Å². The second-order valence-corrected chi connectivity index (χ2v) is 8.72. The first-order chi connectivity index (χ1) is 16.6. The molecule has 1 atom stereocenters. The van der Waals surface area contributed by atoms with Gasteiger partial charge in [-0.2, -0.15) is 0 Å². The standard InChI is InChI=1S/C26H27N3O4S/c1-32-11-12-33-20-7-4-6-18(14-20)16-28-25(30)23(29-26(31)24-10-5-13-34-24)15-19-17-27-22-9-3-2-8-21(19)22/h2-10,13-14,17,23,27H,11-12,15-16H2,1H3,(H,28,30)(H,29,31). The van der Waals surface area contributed by atoms with Crippen LogP contribution in [0.1, 0.15) is 20.8 Å². The van der Waals surface area contributed by atoms with E-state index in [0.29, 0.717) is 36.8 Å². The number of rotatable bonds is 11. The predicted octanol–water partition coefficient (Wildman–Crippen LogP) is 3.91. The summed E-state index contributed by atoms with van der Waals surface area (Å²) in [4.78, 5) is 29.7. The molecule has 0 saturated heterocycles. The third-order valence-corrected chi connectivity index (χ3v) is 6.26. The minimum atomic E-state index is -0.727. The molecule has 7 nitrogen and oxygen atoms in total. The Morgan fingerprint density at radius 2 is 1.94 bits per heavy atom. The van der Waals surface area contributed by atoms with Crippen molar-refractivity contribution in [2.45, 2.75) is 19.0 Å². The maximum atomic E-state index is 13.2. The van der Waals surface area contributed by atoms with Gasteiger partial charge in [-0.3, -0.25) is 9.59 Å². The molecule has 0 saturated carbocycles. The minimum Gasteiger partial charge on any atom is -0.491 e. The molecule has 2 heterocycles. The van der Waals surface area contributed by atoms with Crippen LogP contribution in [-0.4, -0.2) is 43.2 Å². The Balaban J connectivity index is 1.46. The number of nitrogens with one attached hydrogen (secondary N) is 3. The summed E-state index contributed by atoms with van der Waals surface area (Å²) >= 11 is 1.34. The zero-order valence-electron chi connectivity index (χ0n) is 18.9. The number of amides is 2. The molecule has 3 N–H and O–H groups in total. The van der Waals surface area contributed by atoms with E-state index in [2.05, 4.69) is 15.6 Å². The van der Waals surface area contributed by atoms with Gasteiger partial charge in [0, 0.05) is 37.2 Å². The average Bonchev–Trinajstić information content (AvgIpc) is 3.53. The zero-order valence-corrected chi connectivity index (χ0v) is 19.7. The molecule has 2 aromatic carbocycles. The van der Waals surface area contributed by atoms with E-state index in [1.807, 2.05) is 66.2 Å². The number of para-hydroxylation sites is 1. The van der Waals surface area contributed by atoms with Crippen molar-refractivity contribution in [1.29, 1.82) is 0 Å². The van der Waals surface area contributed by atoms with Crippen LogP contribution in [0.3, 0.4) is 0 Å². The first kappa shape index (κ1) is 23.5. The van der Waals surface area contributed by atoms with E-state index in [1.165, 1.54) is 11.3 Å². The summed E-state index contributed by atoms with van der Waals surface area (Å²) < 4.78 is 10.7. The Hall–Kier alpha value is -3.62. The summed E-state index contributed by atoms with van der Waals surface area (Å²) in [6.07, 6.45) is 2.26. The number of hydrogen-bond donors (Lipinski definition) is 3. The number of benzene rings is 2. The molecule has 0 radical (unpaired) electrons. The van der Waals surface area contributed by atoms with Gasteiger partial charge in [-0.05, 0) is 40.8 Å². The highest BCUT2D eigenvalue weighted by Gasteiger charge is 2.23. The Morgan fingerprint density at radius 3 is 2.76 bits per heavy atom. The fourth-order valence-corrected chi connectivity index (χ4v) is 4.29. The van der Waals surface area contributed by atoms with E-state index >= 15 is 0 Å². The van der Waals surface area contributed by atoms with Crippen LogP contribution in [0.2, 0.25) is 0 Å². The lowest BCUT2D eigenvalue weighted by atomic mass is 10.0. The number of thiophene rings is 1. The molecular formula is C26H27N3O4S. The van der Waals surface area contributed by atoms with Crippen molar-refractivity contribution in [3.8, 4) is 5.75 Å². The Morgan fingerprint density at radius 1 is 1.06 bits per heavy atom. The lowest BCUT2D eigenvalue weighted by molar-refractivity contribution is -0.123. The monoisotopic (exact) mass is 477 g/mol. The molecule has 0 aliphatic carbocycles. The number of aromatic nitrogens is 1. The Labute approximate surface area is 202 Å². The van der Waals surface area contributed by atoms with Crippen LogP contribution < -0.4 is 15.4 Å². The van der Waals surface area contributed by atoms with Gasteiger partial charge in [-0.25, -0.2) is 0 Å². The number of methoxy groups -OCH3 is 1. The zero-order chi connectivity index (χ0) is 23.8. The van der Waals surface area contributed by atoms with Crippen LogP contribution in [0.25, 0.3) is 10.9 Å². The highest BCUT2D eigenvalue weighted by Crippen LogP contribution is 2.20. The predicted molar refractivity (Wildman–Crippen MR) is 133 cm³/mol. The highest BCUT2D eigenvalue weighted by atomic mass is 32.1. The van der Waals surface area contributed by atoms with Gasteiger partial charge in [0.25, 0.3) is 5.91 Å². The molecule has 4 rings (SSSR count). The van der Waals surface area contributed by atoms with Crippen molar-refractivity contribution in [2.24, 2.45) is 0 Å². The molecule has 2 amide bonds. The van der Waals surface area contributed by atoms with Gasteiger partial charge in [0.1, 0.15) is 18.4 Å². The van der Waals surface area contributed by atoms with Crippen LogP contribution in [0.4, 0.5) is 0 Å². The SMILES string of the molecule is COCCOc1cccc(CNC(=O)C(Cc2c[nH]c3ccccc23)NC(=O)c2cccs2)c1. The number of carbonyl (C=O) groups excluding carboxylic acids is 2. The summed E-state index contributed by atoms with van der Waals surface area (Å²) in [5.74, 6) is 0.203. The average molecular weight is 478 g/mol. The minimum absolute atomic E-state index is 0.249. The van der Waals surface area contributed by atoms with E-state index < -0.39 is 6.04 Å². The lowest BCUT2D eigenvalue weighted by Gasteiger charge is -2.18. The summed E-state index contributed by atoms with van der Waals surface area (Å²) in [7, 11) is 1.62. The first-order valence-electron chi connectivity index (χ1n) is 11.0. The second kappa shape index (κ2) is 11.5. The summed E-state index contributed by atoms with van der Waals surface area (Å²) in [5, 5.41) is 8.75. The van der Waals surface area contributed by atoms with Crippen LogP contribution in [0.5, 0.6) is 5.75 Å². The molecule has 0 spiro atoms. The van der Waals surface area contributed by atoms with E-state index in [-0.39, 0.29) is 11.8 Å². The van der Waals surface area contributed by atoms with Crippen molar-refractivity contribution in [1.82, 2.24) is 15.6 Å². The van der Waals surface area contributed by atoms with Crippen LogP contribution in [0.15, 0.2) is 72.2 Å². The molecule has 0 aliphatic heterocycles. The number of ether oxygens (including phenoxy) is 2. The van der Waals surface area contributed by atoms with Crippen molar-refractivity contribution < 1.29 is 19.1 Å². The Bertz CT molecular complexity index is 1240. The quantitative estimate of drug-likeness (QED) is 0.286. The number of hydrogen-bond acceptors (Lipinski definition) is 5. The largest absolute Gasteiger partial charge is 0.491 e. The van der Waals surface area contributed by atoms with Crippen molar-refractivity contribution in [3.63, 3.8) is 0 Å². The van der Waals surface area contributed by atoms with Gasteiger partial charge >= 0.3 is 0 Å². The third kappa shape index (κ3) is 6.03. The van der Waals surface area contributed by atoms with E-state index in [0.717, 1.165) is 22.0 Å². The van der Waals surface area contributed by atoms with Crippen LogP contribution >= 0.6 is 11.3 Å². The lowest BCUT2D eigenvalue weighted by Crippen LogP contribution is -2.47. The molecule has 176 valence electrons. The number of H-pyrrole nitrogens is 1. The van der Waals surface area contributed by atoms with Crippen molar-refractivity contribution in [3.05, 3.63) is 88.2 Å². The molecule has 4 aromatic rings. The summed E-state index contributed by atoms with van der Waals surface area (Å²) in [6.45, 7) is 1.27. The fourth-order valence-electron chi connectivity index (χ4n) is 3.67. The smallest absolute Gasteiger partial charge is 0.262 e. The van der Waals surface area contributed by atoms with E-state index in [9.17, 15) is 9.59 Å². The van der Waals surface area contributed by atoms with E-state index in [1.54, 1.807) is 13.2 Å². The third-order valence-electron chi connectivity index (χ3n) is 5.39. The molecule has 34 heavy (non-hydrogen) atoms. The van der Waals surface area contributed by atoms with Gasteiger partial charge in [0.15, 0.2) is 0 Å². The normalized spacial score (nSPS) is 11.8. The van der Waals surface area contributed by atoms with Gasteiger partial charge in [-0.1, -0.05) is 36.4 Å². The highest BCUT2D eigenvalue weighted by molar-refractivity contribution is 7.12. The fraction of sp³-hybridized carbons (Fsp3) is 0.231. The van der Waals surface area contributed by atoms with E-state index in [4.69, 9.17) is 9.47 Å². The van der Waals surface area contributed by atoms with Crippen LogP contribution in [0, 0.1) is 0 Å². The molecule has 0 bridgehead atoms. The molecule has 0 fully saturated rings. The molecule has 0 aliphatic rings.